The average molecular weight is 235 g/mol. The van der Waals surface area contributed by atoms with Gasteiger partial charge in [-0.05, 0) is 36.9 Å². The molecule has 0 saturated carbocycles. The largest absolute Gasteiger partial charge is 0.480 e. The highest BCUT2D eigenvalue weighted by molar-refractivity contribution is 5.73. The summed E-state index contributed by atoms with van der Waals surface area (Å²) in [6, 6.07) is 7.73. The van der Waals surface area contributed by atoms with Gasteiger partial charge in [0, 0.05) is 0 Å². The molecule has 94 valence electrons. The van der Waals surface area contributed by atoms with Gasteiger partial charge in [-0.3, -0.25) is 4.79 Å². The van der Waals surface area contributed by atoms with Gasteiger partial charge in [0.2, 0.25) is 0 Å². The zero-order valence-electron chi connectivity index (χ0n) is 10.7. The van der Waals surface area contributed by atoms with Crippen LogP contribution in [-0.2, 0) is 11.2 Å². The Morgan fingerprint density at radius 1 is 1.35 bits per heavy atom. The zero-order valence-corrected chi connectivity index (χ0v) is 10.7. The third-order valence-electron chi connectivity index (χ3n) is 2.95. The van der Waals surface area contributed by atoms with Gasteiger partial charge >= 0.3 is 5.97 Å². The van der Waals surface area contributed by atoms with E-state index in [0.29, 0.717) is 6.54 Å². The van der Waals surface area contributed by atoms with E-state index in [4.69, 9.17) is 5.11 Å². The maximum atomic E-state index is 11.0. The Morgan fingerprint density at radius 3 is 2.53 bits per heavy atom. The lowest BCUT2D eigenvalue weighted by atomic mass is 10.0. The van der Waals surface area contributed by atoms with Crippen molar-refractivity contribution in [2.24, 2.45) is 5.92 Å². The van der Waals surface area contributed by atoms with Crippen LogP contribution >= 0.6 is 0 Å². The minimum atomic E-state index is -0.773. The summed E-state index contributed by atoms with van der Waals surface area (Å²) in [5.41, 5.74) is 2.53. The zero-order chi connectivity index (χ0) is 12.8. The van der Waals surface area contributed by atoms with Crippen molar-refractivity contribution in [2.75, 3.05) is 6.54 Å². The van der Waals surface area contributed by atoms with E-state index in [-0.39, 0.29) is 5.92 Å². The normalized spacial score (nSPS) is 12.7. The van der Waals surface area contributed by atoms with Crippen LogP contribution in [0.25, 0.3) is 0 Å². The molecule has 0 aliphatic carbocycles. The Hall–Kier alpha value is -1.35. The average Bonchev–Trinajstić information content (AvgIpc) is 2.25. The SMILES string of the molecule is Cc1ccccc1CCNC(C(=O)O)C(C)C. The van der Waals surface area contributed by atoms with Crippen LogP contribution in [-0.4, -0.2) is 23.7 Å². The van der Waals surface area contributed by atoms with Crippen molar-refractivity contribution in [1.29, 1.82) is 0 Å². The van der Waals surface area contributed by atoms with E-state index < -0.39 is 12.0 Å². The number of aryl methyl sites for hydroxylation is 1. The molecule has 0 aliphatic rings. The number of hydrogen-bond acceptors (Lipinski definition) is 2. The molecule has 3 nitrogen and oxygen atoms in total. The Balaban J connectivity index is 2.47. The fraction of sp³-hybridized carbons (Fsp3) is 0.500. The molecule has 0 fully saturated rings. The molecule has 1 rings (SSSR count). The lowest BCUT2D eigenvalue weighted by Gasteiger charge is -2.18. The van der Waals surface area contributed by atoms with E-state index in [9.17, 15) is 4.79 Å². The Labute approximate surface area is 103 Å². The minimum absolute atomic E-state index is 0.101. The lowest BCUT2D eigenvalue weighted by Crippen LogP contribution is -2.41. The molecule has 1 unspecified atom stereocenters. The lowest BCUT2D eigenvalue weighted by molar-refractivity contribution is -0.140. The molecule has 0 bridgehead atoms. The van der Waals surface area contributed by atoms with Crippen LogP contribution < -0.4 is 5.32 Å². The van der Waals surface area contributed by atoms with Crippen LogP contribution in [0.4, 0.5) is 0 Å². The molecule has 0 heterocycles. The Bertz CT molecular complexity index is 374. The van der Waals surface area contributed by atoms with Crippen LogP contribution in [0.2, 0.25) is 0 Å². The van der Waals surface area contributed by atoms with E-state index in [2.05, 4.69) is 24.4 Å². The second kappa shape index (κ2) is 6.40. The molecule has 3 heteroatoms. The summed E-state index contributed by atoms with van der Waals surface area (Å²) in [5, 5.41) is 12.1. The third-order valence-corrected chi connectivity index (χ3v) is 2.95. The van der Waals surface area contributed by atoms with E-state index in [1.165, 1.54) is 11.1 Å². The summed E-state index contributed by atoms with van der Waals surface area (Å²) in [7, 11) is 0. The molecule has 0 amide bonds. The van der Waals surface area contributed by atoms with E-state index in [1.54, 1.807) is 0 Å². The smallest absolute Gasteiger partial charge is 0.320 e. The van der Waals surface area contributed by atoms with Crippen LogP contribution in [0.3, 0.4) is 0 Å². The fourth-order valence-corrected chi connectivity index (χ4v) is 1.86. The van der Waals surface area contributed by atoms with Gasteiger partial charge in [-0.15, -0.1) is 0 Å². The summed E-state index contributed by atoms with van der Waals surface area (Å²) < 4.78 is 0. The van der Waals surface area contributed by atoms with Crippen molar-refractivity contribution < 1.29 is 9.90 Å². The van der Waals surface area contributed by atoms with Gasteiger partial charge in [-0.1, -0.05) is 38.1 Å². The number of hydrogen-bond donors (Lipinski definition) is 2. The van der Waals surface area contributed by atoms with Crippen molar-refractivity contribution in [1.82, 2.24) is 5.32 Å². The van der Waals surface area contributed by atoms with Gasteiger partial charge in [-0.25, -0.2) is 0 Å². The van der Waals surface area contributed by atoms with Crippen LogP contribution in [0.15, 0.2) is 24.3 Å². The number of carbonyl (C=O) groups is 1. The highest BCUT2D eigenvalue weighted by Gasteiger charge is 2.19. The van der Waals surface area contributed by atoms with Crippen molar-refractivity contribution in [2.45, 2.75) is 33.2 Å². The van der Waals surface area contributed by atoms with E-state index in [0.717, 1.165) is 6.42 Å². The number of carboxylic acid groups (broad SMARTS) is 1. The van der Waals surface area contributed by atoms with Gasteiger partial charge in [0.05, 0.1) is 0 Å². The maximum Gasteiger partial charge on any atom is 0.320 e. The maximum absolute atomic E-state index is 11.0. The van der Waals surface area contributed by atoms with Crippen LogP contribution in [0.5, 0.6) is 0 Å². The van der Waals surface area contributed by atoms with Crippen LogP contribution in [0.1, 0.15) is 25.0 Å². The standard InChI is InChI=1S/C14H21NO2/c1-10(2)13(14(16)17)15-9-8-12-7-5-4-6-11(12)3/h4-7,10,13,15H,8-9H2,1-3H3,(H,16,17). The first-order valence-corrected chi connectivity index (χ1v) is 6.03. The predicted octanol–water partition coefficient (Wildman–Crippen LogP) is 2.24. The summed E-state index contributed by atoms with van der Waals surface area (Å²) in [6.45, 7) is 6.60. The number of carboxylic acids is 1. The van der Waals surface area contributed by atoms with E-state index in [1.807, 2.05) is 26.0 Å². The Morgan fingerprint density at radius 2 is 2.00 bits per heavy atom. The second-order valence-corrected chi connectivity index (χ2v) is 4.69. The summed E-state index contributed by atoms with van der Waals surface area (Å²) in [5.74, 6) is -0.672. The summed E-state index contributed by atoms with van der Waals surface area (Å²) >= 11 is 0. The van der Waals surface area contributed by atoms with Gasteiger partial charge < -0.3 is 10.4 Å². The highest BCUT2D eigenvalue weighted by atomic mass is 16.4. The second-order valence-electron chi connectivity index (χ2n) is 4.69. The molecule has 2 N–H and O–H groups in total. The third kappa shape index (κ3) is 4.19. The number of benzene rings is 1. The highest BCUT2D eigenvalue weighted by Crippen LogP contribution is 2.08. The quantitative estimate of drug-likeness (QED) is 0.795. The van der Waals surface area contributed by atoms with Crippen molar-refractivity contribution in [3.8, 4) is 0 Å². The molecule has 1 aromatic carbocycles. The van der Waals surface area contributed by atoms with Gasteiger partial charge in [-0.2, -0.15) is 0 Å². The predicted molar refractivity (Wildman–Crippen MR) is 69.1 cm³/mol. The summed E-state index contributed by atoms with van der Waals surface area (Å²) in [4.78, 5) is 11.0. The van der Waals surface area contributed by atoms with Gasteiger partial charge in [0.1, 0.15) is 6.04 Å². The molecule has 0 aromatic heterocycles. The molecule has 1 atom stereocenters. The number of nitrogens with one attached hydrogen (secondary N) is 1. The van der Waals surface area contributed by atoms with Crippen molar-refractivity contribution in [3.05, 3.63) is 35.4 Å². The first-order valence-electron chi connectivity index (χ1n) is 6.03. The molecule has 0 saturated heterocycles. The monoisotopic (exact) mass is 235 g/mol. The molecular formula is C14H21NO2. The first-order chi connectivity index (χ1) is 8.02. The Kier molecular flexibility index (Phi) is 5.16. The summed E-state index contributed by atoms with van der Waals surface area (Å²) in [6.07, 6.45) is 0.864. The molecular weight excluding hydrogens is 214 g/mol. The molecule has 1 aromatic rings. The van der Waals surface area contributed by atoms with Crippen molar-refractivity contribution >= 4 is 5.97 Å². The molecule has 0 radical (unpaired) electrons. The van der Waals surface area contributed by atoms with E-state index >= 15 is 0 Å². The topological polar surface area (TPSA) is 49.3 Å². The van der Waals surface area contributed by atoms with Crippen LogP contribution in [0, 0.1) is 12.8 Å². The minimum Gasteiger partial charge on any atom is -0.480 e. The van der Waals surface area contributed by atoms with Crippen molar-refractivity contribution in [3.63, 3.8) is 0 Å². The number of aliphatic carboxylic acids is 1. The number of rotatable bonds is 6. The molecule has 17 heavy (non-hydrogen) atoms. The fourth-order valence-electron chi connectivity index (χ4n) is 1.86. The van der Waals surface area contributed by atoms with Gasteiger partial charge in [0.15, 0.2) is 0 Å². The molecule has 0 spiro atoms. The van der Waals surface area contributed by atoms with Gasteiger partial charge in [0.25, 0.3) is 0 Å². The first kappa shape index (κ1) is 13.7. The molecule has 0 aliphatic heterocycles.